The Morgan fingerprint density at radius 2 is 1.79 bits per heavy atom. The molecule has 2 N–H and O–H groups in total. The van der Waals surface area contributed by atoms with Crippen molar-refractivity contribution in [3.8, 4) is 5.82 Å². The van der Waals surface area contributed by atoms with Gasteiger partial charge in [0.15, 0.2) is 0 Å². The van der Waals surface area contributed by atoms with Gasteiger partial charge in [-0.25, -0.2) is 15.0 Å². The third kappa shape index (κ3) is 4.60. The number of rotatable bonds is 5. The normalized spacial score (nSPS) is 10.6. The van der Waals surface area contributed by atoms with Crippen molar-refractivity contribution in [2.45, 2.75) is 6.92 Å². The minimum atomic E-state index is -0.139. The van der Waals surface area contributed by atoms with Crippen LogP contribution in [0.2, 0.25) is 0 Å². The SMILES string of the molecule is Cc1nccn1-c1cc(Nc2ccc(NC(=O)c3cccc(I)c3)cc2)ncn1. The molecule has 0 atom stereocenters. The summed E-state index contributed by atoms with van der Waals surface area (Å²) >= 11 is 2.19. The Labute approximate surface area is 181 Å². The standard InChI is InChI=1S/C21H17IN6O/c1-14-23-9-10-28(14)20-12-19(24-13-25-20)26-17-5-7-18(8-6-17)27-21(29)15-3-2-4-16(22)11-15/h2-13H,1H3,(H,27,29)(H,24,25,26). The first kappa shape index (κ1) is 19.1. The molecule has 4 aromatic rings. The van der Waals surface area contributed by atoms with E-state index in [0.29, 0.717) is 11.4 Å². The van der Waals surface area contributed by atoms with E-state index in [2.05, 4.69) is 48.2 Å². The van der Waals surface area contributed by atoms with Crippen LogP contribution in [0.3, 0.4) is 0 Å². The van der Waals surface area contributed by atoms with Gasteiger partial charge in [0.1, 0.15) is 23.8 Å². The third-order valence-electron chi connectivity index (χ3n) is 4.23. The molecule has 0 aliphatic rings. The van der Waals surface area contributed by atoms with Crippen LogP contribution in [0.25, 0.3) is 5.82 Å². The van der Waals surface area contributed by atoms with Crippen molar-refractivity contribution in [3.63, 3.8) is 0 Å². The van der Waals surface area contributed by atoms with Gasteiger partial charge in [-0.1, -0.05) is 6.07 Å². The maximum atomic E-state index is 12.4. The van der Waals surface area contributed by atoms with Gasteiger partial charge in [0.25, 0.3) is 5.91 Å². The van der Waals surface area contributed by atoms with Gasteiger partial charge in [-0.3, -0.25) is 9.36 Å². The van der Waals surface area contributed by atoms with Crippen molar-refractivity contribution in [2.75, 3.05) is 10.6 Å². The molecule has 7 nitrogen and oxygen atoms in total. The fourth-order valence-electron chi connectivity index (χ4n) is 2.78. The van der Waals surface area contributed by atoms with Crippen LogP contribution < -0.4 is 10.6 Å². The second-order valence-electron chi connectivity index (χ2n) is 6.27. The molecule has 2 aromatic carbocycles. The summed E-state index contributed by atoms with van der Waals surface area (Å²) in [6.07, 6.45) is 5.09. The molecule has 2 heterocycles. The number of nitrogens with zero attached hydrogens (tertiary/aromatic N) is 4. The lowest BCUT2D eigenvalue weighted by Gasteiger charge is -2.10. The quantitative estimate of drug-likeness (QED) is 0.396. The average molecular weight is 496 g/mol. The minimum absolute atomic E-state index is 0.139. The summed E-state index contributed by atoms with van der Waals surface area (Å²) in [5.74, 6) is 2.11. The van der Waals surface area contributed by atoms with Crippen molar-refractivity contribution in [1.29, 1.82) is 0 Å². The van der Waals surface area contributed by atoms with Crippen molar-refractivity contribution in [3.05, 3.63) is 88.3 Å². The second kappa shape index (κ2) is 8.39. The topological polar surface area (TPSA) is 84.7 Å². The van der Waals surface area contributed by atoms with E-state index in [4.69, 9.17) is 0 Å². The molecule has 1 amide bonds. The maximum Gasteiger partial charge on any atom is 0.255 e. The van der Waals surface area contributed by atoms with E-state index in [-0.39, 0.29) is 5.91 Å². The summed E-state index contributed by atoms with van der Waals surface area (Å²) in [4.78, 5) is 25.1. The molecule has 8 heteroatoms. The van der Waals surface area contributed by atoms with Gasteiger partial charge in [0, 0.05) is 39.0 Å². The number of halogens is 1. The fraction of sp³-hybridized carbons (Fsp3) is 0.0476. The van der Waals surface area contributed by atoms with Gasteiger partial charge in [0.2, 0.25) is 0 Å². The van der Waals surface area contributed by atoms with Gasteiger partial charge >= 0.3 is 0 Å². The number of benzene rings is 2. The summed E-state index contributed by atoms with van der Waals surface area (Å²) < 4.78 is 2.90. The zero-order chi connectivity index (χ0) is 20.2. The highest BCUT2D eigenvalue weighted by Crippen LogP contribution is 2.20. The molecule has 29 heavy (non-hydrogen) atoms. The van der Waals surface area contributed by atoms with E-state index in [1.165, 1.54) is 6.33 Å². The number of anilines is 3. The molecule has 0 aliphatic carbocycles. The summed E-state index contributed by atoms with van der Waals surface area (Å²) in [5.41, 5.74) is 2.20. The van der Waals surface area contributed by atoms with Gasteiger partial charge in [-0.15, -0.1) is 0 Å². The van der Waals surface area contributed by atoms with E-state index >= 15 is 0 Å². The first-order valence-corrected chi connectivity index (χ1v) is 9.93. The Morgan fingerprint density at radius 3 is 2.52 bits per heavy atom. The summed E-state index contributed by atoms with van der Waals surface area (Å²) in [6, 6.07) is 16.8. The Bertz CT molecular complexity index is 1160. The molecule has 4 rings (SSSR count). The van der Waals surface area contributed by atoms with Crippen LogP contribution in [0.5, 0.6) is 0 Å². The van der Waals surface area contributed by atoms with Crippen molar-refractivity contribution in [2.24, 2.45) is 0 Å². The van der Waals surface area contributed by atoms with Crippen LogP contribution in [-0.4, -0.2) is 25.4 Å². The summed E-state index contributed by atoms with van der Waals surface area (Å²) in [6.45, 7) is 1.92. The van der Waals surface area contributed by atoms with Crippen molar-refractivity contribution >= 4 is 45.7 Å². The number of carbonyl (C=O) groups is 1. The molecule has 0 spiro atoms. The highest BCUT2D eigenvalue weighted by atomic mass is 127. The Kier molecular flexibility index (Phi) is 5.52. The van der Waals surface area contributed by atoms with Gasteiger partial charge in [-0.05, 0) is 72.0 Å². The summed E-state index contributed by atoms with van der Waals surface area (Å²) in [7, 11) is 0. The Balaban J connectivity index is 1.45. The highest BCUT2D eigenvalue weighted by Gasteiger charge is 2.07. The molecule has 0 radical (unpaired) electrons. The van der Waals surface area contributed by atoms with Crippen LogP contribution in [0.15, 0.2) is 73.3 Å². The Morgan fingerprint density at radius 1 is 1.00 bits per heavy atom. The smallest absolute Gasteiger partial charge is 0.255 e. The predicted molar refractivity (Wildman–Crippen MR) is 121 cm³/mol. The minimum Gasteiger partial charge on any atom is -0.340 e. The highest BCUT2D eigenvalue weighted by molar-refractivity contribution is 14.1. The van der Waals surface area contributed by atoms with Gasteiger partial charge in [-0.2, -0.15) is 0 Å². The number of amides is 1. The molecule has 0 saturated heterocycles. The second-order valence-corrected chi connectivity index (χ2v) is 7.52. The van der Waals surface area contributed by atoms with E-state index in [1.807, 2.05) is 66.2 Å². The lowest BCUT2D eigenvalue weighted by atomic mass is 10.2. The van der Waals surface area contributed by atoms with E-state index in [1.54, 1.807) is 12.3 Å². The first-order chi connectivity index (χ1) is 14.1. The largest absolute Gasteiger partial charge is 0.340 e. The van der Waals surface area contributed by atoms with Crippen LogP contribution in [0, 0.1) is 10.5 Å². The predicted octanol–water partition coefficient (Wildman–Crippen LogP) is 4.57. The molecule has 0 bridgehead atoms. The first-order valence-electron chi connectivity index (χ1n) is 8.85. The van der Waals surface area contributed by atoms with Crippen LogP contribution in [0.1, 0.15) is 16.2 Å². The third-order valence-corrected chi connectivity index (χ3v) is 4.90. The molecule has 0 aliphatic heterocycles. The number of imidazole rings is 1. The van der Waals surface area contributed by atoms with Gasteiger partial charge < -0.3 is 10.6 Å². The molecule has 0 fully saturated rings. The number of aryl methyl sites for hydroxylation is 1. The molecule has 2 aromatic heterocycles. The monoisotopic (exact) mass is 496 g/mol. The molecular formula is C21H17IN6O. The number of nitrogens with one attached hydrogen (secondary N) is 2. The van der Waals surface area contributed by atoms with Crippen LogP contribution in [0.4, 0.5) is 17.2 Å². The molecule has 144 valence electrons. The van der Waals surface area contributed by atoms with Gasteiger partial charge in [0.05, 0.1) is 0 Å². The van der Waals surface area contributed by atoms with E-state index in [9.17, 15) is 4.79 Å². The van der Waals surface area contributed by atoms with Crippen LogP contribution >= 0.6 is 22.6 Å². The number of aromatic nitrogens is 4. The van der Waals surface area contributed by atoms with Crippen LogP contribution in [-0.2, 0) is 0 Å². The van der Waals surface area contributed by atoms with E-state index < -0.39 is 0 Å². The zero-order valence-corrected chi connectivity index (χ0v) is 17.7. The average Bonchev–Trinajstić information content (AvgIpc) is 3.16. The van der Waals surface area contributed by atoms with Crippen molar-refractivity contribution < 1.29 is 4.79 Å². The lowest BCUT2D eigenvalue weighted by molar-refractivity contribution is 0.102. The lowest BCUT2D eigenvalue weighted by Crippen LogP contribution is -2.11. The molecule has 0 saturated carbocycles. The number of hydrogen-bond donors (Lipinski definition) is 2. The zero-order valence-electron chi connectivity index (χ0n) is 15.5. The Hall–Kier alpha value is -3.27. The molecular weight excluding hydrogens is 479 g/mol. The van der Waals surface area contributed by atoms with E-state index in [0.717, 1.165) is 26.6 Å². The fourth-order valence-corrected chi connectivity index (χ4v) is 3.33. The van der Waals surface area contributed by atoms with Crippen molar-refractivity contribution in [1.82, 2.24) is 19.5 Å². The number of hydrogen-bond acceptors (Lipinski definition) is 5. The maximum absolute atomic E-state index is 12.4. The number of carbonyl (C=O) groups excluding carboxylic acids is 1. The molecule has 0 unspecified atom stereocenters. The summed E-state index contributed by atoms with van der Waals surface area (Å²) in [5, 5.41) is 6.15.